The van der Waals surface area contributed by atoms with Crippen LogP contribution in [0.4, 0.5) is 10.5 Å². The van der Waals surface area contributed by atoms with Gasteiger partial charge in [0, 0.05) is 25.7 Å². The van der Waals surface area contributed by atoms with Crippen molar-refractivity contribution in [3.8, 4) is 17.2 Å². The molecule has 0 aliphatic carbocycles. The lowest BCUT2D eigenvalue weighted by Gasteiger charge is -2.09. The third-order valence-corrected chi connectivity index (χ3v) is 6.82. The molecular weight excluding hydrogens is 492 g/mol. The van der Waals surface area contributed by atoms with E-state index in [2.05, 4.69) is 15.6 Å². The predicted molar refractivity (Wildman–Crippen MR) is 141 cm³/mol. The molecule has 2 N–H and O–H groups in total. The minimum absolute atomic E-state index is 0.125. The van der Waals surface area contributed by atoms with Crippen molar-refractivity contribution in [2.45, 2.75) is 25.2 Å². The Morgan fingerprint density at radius 3 is 2.41 bits per heavy atom. The second-order valence-electron chi connectivity index (χ2n) is 8.57. The van der Waals surface area contributed by atoms with Gasteiger partial charge in [0.25, 0.3) is 5.24 Å². The van der Waals surface area contributed by atoms with Crippen molar-refractivity contribution < 1.29 is 23.9 Å². The molecule has 37 heavy (non-hydrogen) atoms. The number of anilines is 1. The quantitative estimate of drug-likeness (QED) is 0.346. The SMILES string of the molecule is CC(=O)Nc1ccc(Oc2ccc3nc(COc4ccc(CC5SC(=O)NC5=O)cc4)n(C)c3c2)cc1. The molecule has 1 atom stereocenters. The van der Waals surface area contributed by atoms with Gasteiger partial charge in [-0.1, -0.05) is 23.9 Å². The number of hydrogen-bond donors (Lipinski definition) is 2. The number of imide groups is 1. The van der Waals surface area contributed by atoms with Gasteiger partial charge in [0.1, 0.15) is 29.7 Å². The van der Waals surface area contributed by atoms with E-state index in [0.717, 1.165) is 34.2 Å². The van der Waals surface area contributed by atoms with E-state index in [9.17, 15) is 14.4 Å². The highest BCUT2D eigenvalue weighted by molar-refractivity contribution is 8.15. The second-order valence-corrected chi connectivity index (χ2v) is 9.74. The summed E-state index contributed by atoms with van der Waals surface area (Å²) in [4.78, 5) is 39.0. The smallest absolute Gasteiger partial charge is 0.286 e. The Hall–Kier alpha value is -4.31. The van der Waals surface area contributed by atoms with E-state index < -0.39 is 5.25 Å². The summed E-state index contributed by atoms with van der Waals surface area (Å²) in [6.07, 6.45) is 0.483. The summed E-state index contributed by atoms with van der Waals surface area (Å²) in [7, 11) is 1.93. The fourth-order valence-electron chi connectivity index (χ4n) is 3.97. The van der Waals surface area contributed by atoms with Crippen LogP contribution in [0.5, 0.6) is 17.2 Å². The van der Waals surface area contributed by atoms with Crippen LogP contribution in [0.1, 0.15) is 18.3 Å². The zero-order chi connectivity index (χ0) is 25.9. The van der Waals surface area contributed by atoms with Crippen LogP contribution < -0.4 is 20.1 Å². The Morgan fingerprint density at radius 2 is 1.73 bits per heavy atom. The van der Waals surface area contributed by atoms with Crippen LogP contribution >= 0.6 is 11.8 Å². The molecule has 1 unspecified atom stereocenters. The normalized spacial score (nSPS) is 15.0. The molecule has 4 aromatic rings. The summed E-state index contributed by atoms with van der Waals surface area (Å²) in [5, 5.41) is 4.35. The Morgan fingerprint density at radius 1 is 1.03 bits per heavy atom. The van der Waals surface area contributed by atoms with Crippen molar-refractivity contribution in [2.75, 3.05) is 5.32 Å². The number of aryl methyl sites for hydroxylation is 1. The van der Waals surface area contributed by atoms with Gasteiger partial charge in [0.2, 0.25) is 11.8 Å². The molecule has 0 spiro atoms. The summed E-state index contributed by atoms with van der Waals surface area (Å²) in [6, 6.07) is 20.3. The molecule has 1 aliphatic rings. The number of carbonyl (C=O) groups is 3. The van der Waals surface area contributed by atoms with Crippen LogP contribution in [0.15, 0.2) is 66.7 Å². The number of aromatic nitrogens is 2. The van der Waals surface area contributed by atoms with Crippen molar-refractivity contribution >= 4 is 45.5 Å². The fraction of sp³-hybridized carbons (Fsp3) is 0.185. The first-order chi connectivity index (χ1) is 17.8. The highest BCUT2D eigenvalue weighted by Gasteiger charge is 2.31. The standard InChI is InChI=1S/C27H24N4O5S/c1-16(32)28-18-5-9-20(10-6-18)36-21-11-12-22-23(14-21)31(2)25(29-22)15-35-19-7-3-17(4-8-19)13-24-26(33)30-27(34)37-24/h3-12,14,24H,13,15H2,1-2H3,(H,28,32)(H,30,33,34). The molecule has 0 saturated carbocycles. The van der Waals surface area contributed by atoms with E-state index in [0.29, 0.717) is 29.4 Å². The van der Waals surface area contributed by atoms with E-state index >= 15 is 0 Å². The second kappa shape index (κ2) is 10.4. The molecule has 5 rings (SSSR count). The number of thioether (sulfide) groups is 1. The molecule has 188 valence electrons. The van der Waals surface area contributed by atoms with E-state index in [-0.39, 0.29) is 23.7 Å². The van der Waals surface area contributed by atoms with Gasteiger partial charge in [-0.25, -0.2) is 4.98 Å². The van der Waals surface area contributed by atoms with Crippen molar-refractivity contribution in [3.05, 3.63) is 78.1 Å². The zero-order valence-electron chi connectivity index (χ0n) is 20.2. The zero-order valence-corrected chi connectivity index (χ0v) is 21.0. The van der Waals surface area contributed by atoms with Gasteiger partial charge < -0.3 is 19.4 Å². The summed E-state index contributed by atoms with van der Waals surface area (Å²) >= 11 is 1.02. The van der Waals surface area contributed by atoms with Crippen LogP contribution in [0, 0.1) is 0 Å². The number of nitrogens with one attached hydrogen (secondary N) is 2. The number of ether oxygens (including phenoxy) is 2. The number of rotatable bonds is 8. The van der Waals surface area contributed by atoms with Crippen molar-refractivity contribution in [2.24, 2.45) is 7.05 Å². The van der Waals surface area contributed by atoms with E-state index in [1.807, 2.05) is 54.1 Å². The molecule has 9 nitrogen and oxygen atoms in total. The maximum Gasteiger partial charge on any atom is 0.286 e. The highest BCUT2D eigenvalue weighted by atomic mass is 32.2. The average molecular weight is 517 g/mol. The minimum atomic E-state index is -0.392. The molecule has 1 aliphatic heterocycles. The lowest BCUT2D eigenvalue weighted by molar-refractivity contribution is -0.119. The third kappa shape index (κ3) is 5.75. The van der Waals surface area contributed by atoms with Crippen LogP contribution in [0.3, 0.4) is 0 Å². The molecule has 0 radical (unpaired) electrons. The van der Waals surface area contributed by atoms with Crippen LogP contribution in [-0.2, 0) is 29.7 Å². The lowest BCUT2D eigenvalue weighted by Crippen LogP contribution is -2.25. The minimum Gasteiger partial charge on any atom is -0.486 e. The third-order valence-electron chi connectivity index (χ3n) is 5.83. The molecule has 3 aromatic carbocycles. The molecule has 10 heteroatoms. The van der Waals surface area contributed by atoms with Gasteiger partial charge >= 0.3 is 0 Å². The van der Waals surface area contributed by atoms with Crippen LogP contribution in [0.2, 0.25) is 0 Å². The topological polar surface area (TPSA) is 112 Å². The largest absolute Gasteiger partial charge is 0.486 e. The lowest BCUT2D eigenvalue weighted by atomic mass is 10.1. The summed E-state index contributed by atoms with van der Waals surface area (Å²) in [5.74, 6) is 2.39. The maximum atomic E-state index is 11.8. The number of hydrogen-bond acceptors (Lipinski definition) is 7. The van der Waals surface area contributed by atoms with E-state index in [4.69, 9.17) is 9.47 Å². The predicted octanol–water partition coefficient (Wildman–Crippen LogP) is 4.80. The average Bonchev–Trinajstić information content (AvgIpc) is 3.36. The molecular formula is C27H24N4O5S. The van der Waals surface area contributed by atoms with Crippen LogP contribution in [0.25, 0.3) is 11.0 Å². The van der Waals surface area contributed by atoms with Gasteiger partial charge in [0.15, 0.2) is 0 Å². The van der Waals surface area contributed by atoms with Crippen molar-refractivity contribution in [1.82, 2.24) is 14.9 Å². The van der Waals surface area contributed by atoms with Crippen molar-refractivity contribution in [1.29, 1.82) is 0 Å². The van der Waals surface area contributed by atoms with E-state index in [1.54, 1.807) is 24.3 Å². The number of benzene rings is 3. The maximum absolute atomic E-state index is 11.8. The Balaban J connectivity index is 1.22. The van der Waals surface area contributed by atoms with E-state index in [1.165, 1.54) is 6.92 Å². The monoisotopic (exact) mass is 516 g/mol. The van der Waals surface area contributed by atoms with Crippen molar-refractivity contribution in [3.63, 3.8) is 0 Å². The molecule has 3 amide bonds. The Bertz CT molecular complexity index is 1480. The first-order valence-corrected chi connectivity index (χ1v) is 12.5. The molecule has 1 aromatic heterocycles. The van der Waals surface area contributed by atoms with Gasteiger partial charge in [-0.15, -0.1) is 0 Å². The fourth-order valence-corrected chi connectivity index (χ4v) is 4.83. The number of imidazole rings is 1. The molecule has 2 heterocycles. The van der Waals surface area contributed by atoms with Gasteiger partial charge in [-0.2, -0.15) is 0 Å². The van der Waals surface area contributed by atoms with Gasteiger partial charge in [-0.3, -0.25) is 19.7 Å². The van der Waals surface area contributed by atoms with Gasteiger partial charge in [-0.05, 0) is 60.5 Å². The van der Waals surface area contributed by atoms with Gasteiger partial charge in [0.05, 0.1) is 16.3 Å². The molecule has 1 fully saturated rings. The summed E-state index contributed by atoms with van der Waals surface area (Å²) < 4.78 is 13.9. The molecule has 1 saturated heterocycles. The number of carbonyl (C=O) groups excluding carboxylic acids is 3. The first kappa shape index (κ1) is 24.4. The Kier molecular flexibility index (Phi) is 6.82. The summed E-state index contributed by atoms with van der Waals surface area (Å²) in [5.41, 5.74) is 3.39. The number of nitrogens with zero attached hydrogens (tertiary/aromatic N) is 2. The highest BCUT2D eigenvalue weighted by Crippen LogP contribution is 2.28. The first-order valence-electron chi connectivity index (χ1n) is 11.6. The van der Waals surface area contributed by atoms with Crippen LogP contribution in [-0.4, -0.2) is 31.9 Å². The summed E-state index contributed by atoms with van der Waals surface area (Å²) in [6.45, 7) is 1.74. The number of amides is 3. The Labute approximate surface area is 217 Å². The number of fused-ring (bicyclic) bond motifs is 1. The molecule has 0 bridgehead atoms.